The number of aromatic nitrogens is 3. The van der Waals surface area contributed by atoms with Crippen molar-refractivity contribution >= 4 is 17.0 Å². The van der Waals surface area contributed by atoms with Crippen LogP contribution in [0.1, 0.15) is 4.88 Å². The van der Waals surface area contributed by atoms with Crippen LogP contribution in [0.2, 0.25) is 0 Å². The lowest BCUT2D eigenvalue weighted by atomic mass is 10.1. The Labute approximate surface area is 171 Å². The van der Waals surface area contributed by atoms with E-state index < -0.39 is 0 Å². The van der Waals surface area contributed by atoms with Crippen molar-refractivity contribution in [1.82, 2.24) is 14.3 Å². The molecule has 3 heterocycles. The number of nitrogens with two attached hydrogens (primary N) is 1. The molecule has 2 N–H and O–H groups in total. The largest absolute Gasteiger partial charge is 0.490 e. The second-order valence-electron chi connectivity index (χ2n) is 6.89. The molecule has 4 rings (SSSR count). The summed E-state index contributed by atoms with van der Waals surface area (Å²) >= 11 is 1.62. The maximum Gasteiger partial charge on any atom is 0.346 e. The van der Waals surface area contributed by atoms with Crippen LogP contribution < -0.4 is 21.1 Å². The number of nitrogens with zero attached hydrogens (tertiary/aromatic N) is 4. The number of ether oxygens (including phenoxy) is 1. The van der Waals surface area contributed by atoms with Crippen molar-refractivity contribution in [1.29, 1.82) is 0 Å². The summed E-state index contributed by atoms with van der Waals surface area (Å²) in [6.45, 7) is 2.07. The Kier molecular flexibility index (Phi) is 5.50. The molecule has 1 aromatic carbocycles. The summed E-state index contributed by atoms with van der Waals surface area (Å²) in [5, 5.41) is 4.06. The molecule has 1 aliphatic heterocycles. The molecular weight excluding hydrogens is 393 g/mol. The van der Waals surface area contributed by atoms with Gasteiger partial charge < -0.3 is 15.4 Å². The molecule has 0 spiro atoms. The highest BCUT2D eigenvalue weighted by Gasteiger charge is 2.16. The molecule has 0 aliphatic carbocycles. The summed E-state index contributed by atoms with van der Waals surface area (Å²) in [6.07, 6.45) is 1.90. The number of rotatable bonds is 6. The normalized spacial score (nSPS) is 14.0. The van der Waals surface area contributed by atoms with Crippen molar-refractivity contribution in [2.75, 3.05) is 31.6 Å². The number of fused-ring (bicyclic) bond motifs is 1. The fourth-order valence-corrected chi connectivity index (χ4v) is 4.22. The number of benzene rings is 1. The van der Waals surface area contributed by atoms with Gasteiger partial charge >= 0.3 is 5.69 Å². The van der Waals surface area contributed by atoms with E-state index in [1.165, 1.54) is 15.6 Å². The highest BCUT2D eigenvalue weighted by atomic mass is 32.1. The third-order valence-electron chi connectivity index (χ3n) is 4.89. The lowest BCUT2D eigenvalue weighted by Gasteiger charge is -2.27. The monoisotopic (exact) mass is 415 g/mol. The zero-order chi connectivity index (χ0) is 20.4. The number of thiophene rings is 1. The Bertz CT molecular complexity index is 1100. The first-order valence-corrected chi connectivity index (χ1v) is 10.1. The van der Waals surface area contributed by atoms with E-state index in [0.717, 1.165) is 33.3 Å². The van der Waals surface area contributed by atoms with Gasteiger partial charge in [0.05, 0.1) is 31.7 Å². The van der Waals surface area contributed by atoms with Gasteiger partial charge in [-0.25, -0.2) is 13.9 Å². The van der Waals surface area contributed by atoms with Gasteiger partial charge in [0, 0.05) is 23.3 Å². The van der Waals surface area contributed by atoms with Crippen molar-refractivity contribution in [3.05, 3.63) is 63.9 Å². The fourth-order valence-electron chi connectivity index (χ4n) is 3.22. The minimum Gasteiger partial charge on any atom is -0.490 e. The topological polar surface area (TPSA) is 78.3 Å². The standard InChI is InChI=1S/C20H22FN5O2S/c1-24-6-7-28-18-8-15(2-4-17(18)24)19-5-3-16(29-19)12-25-13-23-26(20(25)27)11-14(9-21)10-22/h2-5,8-9,13H,6-7,10-12,22H2,1H3/b14-9+. The van der Waals surface area contributed by atoms with E-state index >= 15 is 0 Å². The zero-order valence-electron chi connectivity index (χ0n) is 16.0. The number of likely N-dealkylation sites (N-methyl/N-ethyl adjacent to an activating group) is 1. The van der Waals surface area contributed by atoms with Crippen molar-refractivity contribution in [3.63, 3.8) is 0 Å². The summed E-state index contributed by atoms with van der Waals surface area (Å²) in [7, 11) is 2.06. The second kappa shape index (κ2) is 8.22. The molecule has 0 saturated heterocycles. The average molecular weight is 415 g/mol. The highest BCUT2D eigenvalue weighted by Crippen LogP contribution is 2.37. The van der Waals surface area contributed by atoms with Crippen molar-refractivity contribution in [2.24, 2.45) is 5.73 Å². The molecule has 0 amide bonds. The van der Waals surface area contributed by atoms with Gasteiger partial charge in [-0.05, 0) is 35.4 Å². The lowest BCUT2D eigenvalue weighted by molar-refractivity contribution is 0.311. The number of hydrogen-bond acceptors (Lipinski definition) is 6. The van der Waals surface area contributed by atoms with Gasteiger partial charge in [0.15, 0.2) is 0 Å². The smallest absolute Gasteiger partial charge is 0.346 e. The molecule has 7 nitrogen and oxygen atoms in total. The Morgan fingerprint density at radius 1 is 1.38 bits per heavy atom. The third-order valence-corrected chi connectivity index (χ3v) is 6.01. The Morgan fingerprint density at radius 3 is 3.03 bits per heavy atom. The molecular formula is C20H22FN5O2S. The molecule has 0 radical (unpaired) electrons. The SMILES string of the molecule is CN1CCOc2cc(-c3ccc(Cn4cnn(C/C(=C/F)CN)c4=O)s3)ccc21. The summed E-state index contributed by atoms with van der Waals surface area (Å²) in [5.74, 6) is 0.889. The van der Waals surface area contributed by atoms with Gasteiger partial charge in [-0.2, -0.15) is 5.10 Å². The highest BCUT2D eigenvalue weighted by molar-refractivity contribution is 7.15. The van der Waals surface area contributed by atoms with Crippen LogP contribution in [0.15, 0.2) is 53.4 Å². The summed E-state index contributed by atoms with van der Waals surface area (Å²) < 4.78 is 21.2. The number of hydrogen-bond donors (Lipinski definition) is 1. The van der Waals surface area contributed by atoms with Crippen molar-refractivity contribution in [3.8, 4) is 16.2 Å². The Hall–Kier alpha value is -2.91. The summed E-state index contributed by atoms with van der Waals surface area (Å²) in [5.41, 5.74) is 7.65. The minimum atomic E-state index is -0.294. The molecule has 29 heavy (non-hydrogen) atoms. The van der Waals surface area contributed by atoms with Crippen molar-refractivity contribution < 1.29 is 9.13 Å². The quantitative estimate of drug-likeness (QED) is 0.669. The fraction of sp³-hybridized carbons (Fsp3) is 0.300. The van der Waals surface area contributed by atoms with Gasteiger partial charge in [0.25, 0.3) is 0 Å². The Morgan fingerprint density at radius 2 is 2.24 bits per heavy atom. The first kappa shape index (κ1) is 19.4. The van der Waals surface area contributed by atoms with Crippen LogP contribution >= 0.6 is 11.3 Å². The van der Waals surface area contributed by atoms with E-state index in [4.69, 9.17) is 10.5 Å². The zero-order valence-corrected chi connectivity index (χ0v) is 16.9. The van der Waals surface area contributed by atoms with E-state index in [1.807, 2.05) is 12.1 Å². The van der Waals surface area contributed by atoms with Gasteiger partial charge in [-0.15, -0.1) is 11.3 Å². The van der Waals surface area contributed by atoms with Crippen LogP contribution in [0, 0.1) is 0 Å². The van der Waals surface area contributed by atoms with Gasteiger partial charge in [0.2, 0.25) is 0 Å². The maximum absolute atomic E-state index is 12.7. The van der Waals surface area contributed by atoms with Crippen LogP contribution in [0.25, 0.3) is 10.4 Å². The van der Waals surface area contributed by atoms with E-state index in [0.29, 0.717) is 25.1 Å². The molecule has 0 bridgehead atoms. The summed E-state index contributed by atoms with van der Waals surface area (Å²) in [6, 6.07) is 10.3. The Balaban J connectivity index is 1.52. The molecule has 0 unspecified atom stereocenters. The van der Waals surface area contributed by atoms with Crippen LogP contribution in [0.3, 0.4) is 0 Å². The molecule has 0 atom stereocenters. The van der Waals surface area contributed by atoms with Crippen LogP contribution in [0.5, 0.6) is 5.75 Å². The van der Waals surface area contributed by atoms with E-state index in [1.54, 1.807) is 11.3 Å². The van der Waals surface area contributed by atoms with E-state index in [9.17, 15) is 9.18 Å². The molecule has 0 fully saturated rings. The number of halogens is 1. The third kappa shape index (κ3) is 3.96. The molecule has 3 aromatic rings. The lowest BCUT2D eigenvalue weighted by Crippen LogP contribution is -2.28. The van der Waals surface area contributed by atoms with E-state index in [-0.39, 0.29) is 18.8 Å². The summed E-state index contributed by atoms with van der Waals surface area (Å²) in [4.78, 5) is 16.8. The maximum atomic E-state index is 12.7. The average Bonchev–Trinajstić information content (AvgIpc) is 3.34. The van der Waals surface area contributed by atoms with Crippen molar-refractivity contribution in [2.45, 2.75) is 13.1 Å². The first-order chi connectivity index (χ1) is 14.1. The second-order valence-corrected chi connectivity index (χ2v) is 8.06. The molecule has 1 aliphatic rings. The van der Waals surface area contributed by atoms with Crippen LogP contribution in [-0.2, 0) is 13.1 Å². The molecule has 9 heteroatoms. The van der Waals surface area contributed by atoms with Crippen LogP contribution in [0.4, 0.5) is 10.1 Å². The van der Waals surface area contributed by atoms with Crippen LogP contribution in [-0.4, -0.2) is 41.1 Å². The molecule has 0 saturated carbocycles. The number of anilines is 1. The van der Waals surface area contributed by atoms with Gasteiger partial charge in [-0.3, -0.25) is 4.57 Å². The molecule has 2 aromatic heterocycles. The van der Waals surface area contributed by atoms with Gasteiger partial charge in [-0.1, -0.05) is 6.07 Å². The van der Waals surface area contributed by atoms with Gasteiger partial charge in [0.1, 0.15) is 18.7 Å². The predicted octanol–water partition coefficient (Wildman–Crippen LogP) is 2.46. The first-order valence-electron chi connectivity index (χ1n) is 9.26. The predicted molar refractivity (Wildman–Crippen MR) is 112 cm³/mol. The van der Waals surface area contributed by atoms with E-state index in [2.05, 4.69) is 35.2 Å². The molecule has 152 valence electrons. The minimum absolute atomic E-state index is 0.0460.